The normalized spacial score (nSPS) is 12.3. The monoisotopic (exact) mass is 427 g/mol. The van der Waals surface area contributed by atoms with Gasteiger partial charge in [-0.15, -0.1) is 0 Å². The fraction of sp³-hybridized carbons (Fsp3) is 0.316. The van der Waals surface area contributed by atoms with Gasteiger partial charge in [0.05, 0.1) is 15.7 Å². The predicted molar refractivity (Wildman–Crippen MR) is 104 cm³/mol. The van der Waals surface area contributed by atoms with Gasteiger partial charge in [-0.3, -0.25) is 0 Å². The quantitative estimate of drug-likeness (QED) is 0.503. The number of guanidine groups is 1. The molecular formula is C19H21BrF3N3. The zero-order valence-electron chi connectivity index (χ0n) is 14.9. The van der Waals surface area contributed by atoms with Crippen LogP contribution in [0, 0.1) is 0 Å². The average Bonchev–Trinajstić information content (AvgIpc) is 2.61. The Morgan fingerprint density at radius 2 is 1.77 bits per heavy atom. The molecule has 2 aromatic rings. The van der Waals surface area contributed by atoms with E-state index in [1.165, 1.54) is 0 Å². The highest BCUT2D eigenvalue weighted by Crippen LogP contribution is 2.40. The first-order chi connectivity index (χ1) is 12.2. The first-order valence-corrected chi connectivity index (χ1v) is 9.03. The van der Waals surface area contributed by atoms with Gasteiger partial charge in [-0.05, 0) is 64.2 Å². The Morgan fingerprint density at radius 3 is 2.35 bits per heavy atom. The van der Waals surface area contributed by atoms with E-state index in [9.17, 15) is 13.2 Å². The molecule has 2 N–H and O–H groups in total. The molecule has 0 aliphatic carbocycles. The van der Waals surface area contributed by atoms with Gasteiger partial charge in [-0.25, -0.2) is 4.99 Å². The molecule has 140 valence electrons. The van der Waals surface area contributed by atoms with Crippen molar-refractivity contribution in [2.45, 2.75) is 32.9 Å². The number of aryl methyl sites for hydroxylation is 2. The fourth-order valence-corrected chi connectivity index (χ4v) is 3.02. The third kappa shape index (κ3) is 4.58. The van der Waals surface area contributed by atoms with E-state index in [-0.39, 0.29) is 16.1 Å². The van der Waals surface area contributed by atoms with Crippen LogP contribution in [0.2, 0.25) is 0 Å². The van der Waals surface area contributed by atoms with Gasteiger partial charge >= 0.3 is 6.18 Å². The summed E-state index contributed by atoms with van der Waals surface area (Å²) >= 11 is 3.04. The summed E-state index contributed by atoms with van der Waals surface area (Å²) in [5, 5.41) is 0. The fourth-order valence-electron chi connectivity index (χ4n) is 2.47. The molecule has 0 aromatic heterocycles. The zero-order valence-corrected chi connectivity index (χ0v) is 16.4. The molecule has 26 heavy (non-hydrogen) atoms. The highest BCUT2D eigenvalue weighted by atomic mass is 79.9. The summed E-state index contributed by atoms with van der Waals surface area (Å²) in [5.74, 6) is 0.111. The van der Waals surface area contributed by atoms with E-state index in [0.717, 1.165) is 23.7 Å². The van der Waals surface area contributed by atoms with Crippen molar-refractivity contribution >= 4 is 33.3 Å². The molecular weight excluding hydrogens is 407 g/mol. The van der Waals surface area contributed by atoms with E-state index < -0.39 is 11.7 Å². The van der Waals surface area contributed by atoms with Crippen molar-refractivity contribution in [2.75, 3.05) is 11.9 Å². The molecule has 0 aliphatic rings. The lowest BCUT2D eigenvalue weighted by molar-refractivity contribution is -0.138. The molecule has 0 bridgehead atoms. The summed E-state index contributed by atoms with van der Waals surface area (Å²) in [6.45, 7) is 3.84. The third-order valence-electron chi connectivity index (χ3n) is 4.11. The first-order valence-electron chi connectivity index (χ1n) is 8.23. The number of halogens is 4. The van der Waals surface area contributed by atoms with E-state index in [1.807, 2.05) is 31.2 Å². The summed E-state index contributed by atoms with van der Waals surface area (Å²) in [6, 6.07) is 10.5. The number of benzene rings is 2. The Bertz CT molecular complexity index is 816. The lowest BCUT2D eigenvalue weighted by Gasteiger charge is -2.20. The van der Waals surface area contributed by atoms with Crippen LogP contribution in [0.25, 0.3) is 0 Å². The summed E-state index contributed by atoms with van der Waals surface area (Å²) < 4.78 is 39.7. The number of nitrogens with zero attached hydrogens (tertiary/aromatic N) is 2. The van der Waals surface area contributed by atoms with Crippen molar-refractivity contribution in [3.8, 4) is 0 Å². The van der Waals surface area contributed by atoms with Gasteiger partial charge in [0.15, 0.2) is 0 Å². The Kier molecular flexibility index (Phi) is 6.34. The Morgan fingerprint density at radius 1 is 1.12 bits per heavy atom. The topological polar surface area (TPSA) is 41.6 Å². The molecule has 3 nitrogen and oxygen atoms in total. The number of rotatable bonds is 4. The maximum atomic E-state index is 13.3. The van der Waals surface area contributed by atoms with Gasteiger partial charge in [-0.2, -0.15) is 13.2 Å². The number of anilines is 1. The second kappa shape index (κ2) is 8.12. The molecule has 0 amide bonds. The zero-order chi connectivity index (χ0) is 19.5. The molecule has 0 fully saturated rings. The van der Waals surface area contributed by atoms with Crippen LogP contribution in [0.3, 0.4) is 0 Å². The minimum absolute atomic E-state index is 0.110. The molecule has 7 heteroatoms. The van der Waals surface area contributed by atoms with Crippen LogP contribution in [-0.2, 0) is 19.0 Å². The second-order valence-corrected chi connectivity index (χ2v) is 6.67. The van der Waals surface area contributed by atoms with Gasteiger partial charge in [0.1, 0.15) is 0 Å². The van der Waals surface area contributed by atoms with Gasteiger partial charge < -0.3 is 10.6 Å². The number of hydrogen-bond acceptors (Lipinski definition) is 1. The summed E-state index contributed by atoms with van der Waals surface area (Å²) in [6.07, 6.45) is -3.13. The van der Waals surface area contributed by atoms with Gasteiger partial charge in [0.25, 0.3) is 0 Å². The molecule has 2 rings (SSSR count). The molecule has 0 atom stereocenters. The van der Waals surface area contributed by atoms with Crippen LogP contribution in [0.4, 0.5) is 24.5 Å². The van der Waals surface area contributed by atoms with Crippen molar-refractivity contribution < 1.29 is 13.2 Å². The van der Waals surface area contributed by atoms with Gasteiger partial charge in [0.2, 0.25) is 5.96 Å². The number of hydrogen-bond donors (Lipinski definition) is 1. The molecule has 0 unspecified atom stereocenters. The number of nitrogens with two attached hydrogens (primary N) is 1. The van der Waals surface area contributed by atoms with Crippen molar-refractivity contribution in [2.24, 2.45) is 10.7 Å². The number of alkyl halides is 3. The SMILES string of the molecule is CCc1cccc(N(C)C(N)=Nc2cc(CC)cc(C(F)(F)F)c2Br)c1. The van der Waals surface area contributed by atoms with Crippen LogP contribution < -0.4 is 10.6 Å². The van der Waals surface area contributed by atoms with Gasteiger partial charge in [-0.1, -0.05) is 26.0 Å². The van der Waals surface area contributed by atoms with Crippen molar-refractivity contribution in [3.63, 3.8) is 0 Å². The first kappa shape index (κ1) is 20.3. The molecule has 0 heterocycles. The lowest BCUT2D eigenvalue weighted by Crippen LogP contribution is -2.33. The lowest BCUT2D eigenvalue weighted by atomic mass is 10.1. The van der Waals surface area contributed by atoms with Gasteiger partial charge in [0, 0.05) is 12.7 Å². The van der Waals surface area contributed by atoms with E-state index in [4.69, 9.17) is 5.73 Å². The van der Waals surface area contributed by atoms with Crippen molar-refractivity contribution in [1.29, 1.82) is 0 Å². The van der Waals surface area contributed by atoms with E-state index in [2.05, 4.69) is 20.9 Å². The minimum atomic E-state index is -4.47. The van der Waals surface area contributed by atoms with Crippen LogP contribution in [0.15, 0.2) is 45.9 Å². The molecule has 2 aromatic carbocycles. The van der Waals surface area contributed by atoms with Crippen LogP contribution in [0.5, 0.6) is 0 Å². The van der Waals surface area contributed by atoms with Crippen molar-refractivity contribution in [1.82, 2.24) is 0 Å². The average molecular weight is 428 g/mol. The Labute approximate surface area is 159 Å². The standard InChI is InChI=1S/C19H21BrF3N3/c1-4-12-7-6-8-14(9-12)26(3)18(24)25-16-11-13(5-2)10-15(17(16)20)19(21,22)23/h6-11H,4-5H2,1-3H3,(H2,24,25). The molecule has 0 radical (unpaired) electrons. The highest BCUT2D eigenvalue weighted by Gasteiger charge is 2.34. The molecule has 0 saturated carbocycles. The Hall–Kier alpha value is -2.02. The molecule has 0 saturated heterocycles. The van der Waals surface area contributed by atoms with E-state index in [0.29, 0.717) is 12.0 Å². The predicted octanol–water partition coefficient (Wildman–Crippen LogP) is 5.68. The Balaban J connectivity index is 2.47. The smallest absolute Gasteiger partial charge is 0.369 e. The number of aliphatic imine (C=N–C) groups is 1. The summed E-state index contributed by atoms with van der Waals surface area (Å²) in [4.78, 5) is 5.90. The second-order valence-electron chi connectivity index (χ2n) is 5.88. The van der Waals surface area contributed by atoms with Crippen molar-refractivity contribution in [3.05, 3.63) is 57.6 Å². The van der Waals surface area contributed by atoms with E-state index in [1.54, 1.807) is 24.9 Å². The van der Waals surface area contributed by atoms with E-state index >= 15 is 0 Å². The molecule has 0 spiro atoms. The van der Waals surface area contributed by atoms with Crippen LogP contribution in [0.1, 0.15) is 30.5 Å². The third-order valence-corrected chi connectivity index (χ3v) is 4.95. The summed E-state index contributed by atoms with van der Waals surface area (Å²) in [5.41, 5.74) is 7.98. The largest absolute Gasteiger partial charge is 0.417 e. The van der Waals surface area contributed by atoms with Crippen LogP contribution in [-0.4, -0.2) is 13.0 Å². The molecule has 0 aliphatic heterocycles. The minimum Gasteiger partial charge on any atom is -0.369 e. The summed E-state index contributed by atoms with van der Waals surface area (Å²) in [7, 11) is 1.73. The van der Waals surface area contributed by atoms with Crippen LogP contribution >= 0.6 is 15.9 Å². The maximum absolute atomic E-state index is 13.3. The highest BCUT2D eigenvalue weighted by molar-refractivity contribution is 9.10. The maximum Gasteiger partial charge on any atom is 0.417 e.